The van der Waals surface area contributed by atoms with Crippen LogP contribution < -0.4 is 30.2 Å². The number of unbranched alkanes of at least 4 members (excludes halogenated alkanes) is 3. The molecule has 47 heavy (non-hydrogen) atoms. The second kappa shape index (κ2) is 17.0. The fourth-order valence-electron chi connectivity index (χ4n) is 4.88. The fraction of sp³-hybridized carbons (Fsp3) is 0.333. The van der Waals surface area contributed by atoms with Crippen molar-refractivity contribution in [1.29, 1.82) is 0 Å². The van der Waals surface area contributed by atoms with Gasteiger partial charge in [0.05, 0.1) is 25.6 Å². The highest BCUT2D eigenvalue weighted by atomic mass is 16.6. The number of nitrogens with zero attached hydrogens (tertiary/aromatic N) is 3. The average molecular weight is 641 g/mol. The monoisotopic (exact) mass is 640 g/mol. The van der Waals surface area contributed by atoms with Crippen molar-refractivity contribution in [3.8, 4) is 28.6 Å². The summed E-state index contributed by atoms with van der Waals surface area (Å²) in [5.74, 6) is 1.14. The summed E-state index contributed by atoms with van der Waals surface area (Å²) in [5, 5.41) is 8.88. The lowest BCUT2D eigenvalue weighted by Crippen LogP contribution is -2.24. The van der Waals surface area contributed by atoms with E-state index >= 15 is 0 Å². The van der Waals surface area contributed by atoms with E-state index in [9.17, 15) is 9.59 Å². The lowest BCUT2D eigenvalue weighted by molar-refractivity contribution is 0.0953. The first-order valence-electron chi connectivity index (χ1n) is 15.6. The maximum Gasteiger partial charge on any atom is 0.418 e. The Morgan fingerprint density at radius 2 is 1.62 bits per heavy atom. The topological polar surface area (TPSA) is 127 Å². The van der Waals surface area contributed by atoms with Crippen molar-refractivity contribution in [2.45, 2.75) is 39.5 Å². The summed E-state index contributed by atoms with van der Waals surface area (Å²) in [7, 11) is 7.20. The SMILES string of the molecule is COc1ccc(NC(=O)Oc2cc(-c3cccc(C)c3C)nc(Nc3ccc(C(=O)NCCCCCCN(C)C)cc3)n2)c(OC)c1. The molecule has 0 aliphatic heterocycles. The Balaban J connectivity index is 1.47. The molecule has 248 valence electrons. The normalized spacial score (nSPS) is 10.8. The number of carbonyl (C=O) groups excluding carboxylic acids is 2. The largest absolute Gasteiger partial charge is 0.497 e. The number of amides is 2. The molecule has 0 aliphatic rings. The lowest BCUT2D eigenvalue weighted by Gasteiger charge is -2.14. The van der Waals surface area contributed by atoms with Gasteiger partial charge < -0.3 is 29.7 Å². The number of methoxy groups -OCH3 is 2. The van der Waals surface area contributed by atoms with Gasteiger partial charge in [-0.2, -0.15) is 4.98 Å². The van der Waals surface area contributed by atoms with Crippen LogP contribution >= 0.6 is 0 Å². The van der Waals surface area contributed by atoms with Gasteiger partial charge in [0.1, 0.15) is 11.5 Å². The molecule has 0 radical (unpaired) electrons. The van der Waals surface area contributed by atoms with Gasteiger partial charge in [-0.3, -0.25) is 10.1 Å². The predicted molar refractivity (Wildman–Crippen MR) is 185 cm³/mol. The molecular weight excluding hydrogens is 596 g/mol. The van der Waals surface area contributed by atoms with Crippen molar-refractivity contribution in [2.75, 3.05) is 52.0 Å². The van der Waals surface area contributed by atoms with E-state index in [1.54, 1.807) is 55.6 Å². The number of rotatable bonds is 15. The second-order valence-electron chi connectivity index (χ2n) is 11.4. The van der Waals surface area contributed by atoms with E-state index in [1.807, 2.05) is 32.0 Å². The molecule has 0 saturated heterocycles. The molecule has 0 saturated carbocycles. The van der Waals surface area contributed by atoms with Crippen LogP contribution in [0.1, 0.15) is 47.2 Å². The van der Waals surface area contributed by atoms with Crippen molar-refractivity contribution in [3.63, 3.8) is 0 Å². The predicted octanol–water partition coefficient (Wildman–Crippen LogP) is 6.98. The lowest BCUT2D eigenvalue weighted by atomic mass is 10.0. The molecule has 11 heteroatoms. The first-order valence-corrected chi connectivity index (χ1v) is 15.6. The molecule has 0 atom stereocenters. The highest BCUT2D eigenvalue weighted by Crippen LogP contribution is 2.31. The van der Waals surface area contributed by atoms with Gasteiger partial charge in [0, 0.05) is 35.5 Å². The maximum atomic E-state index is 13.0. The van der Waals surface area contributed by atoms with Crippen LogP contribution in [-0.4, -0.2) is 68.3 Å². The van der Waals surface area contributed by atoms with E-state index in [2.05, 4.69) is 39.9 Å². The van der Waals surface area contributed by atoms with E-state index in [0.29, 0.717) is 40.7 Å². The number of hydrogen-bond acceptors (Lipinski definition) is 9. The molecule has 0 unspecified atom stereocenters. The van der Waals surface area contributed by atoms with Crippen LogP contribution in [0.5, 0.6) is 17.4 Å². The van der Waals surface area contributed by atoms with Crippen LogP contribution in [0.15, 0.2) is 66.7 Å². The Hall–Kier alpha value is -5.16. The number of aromatic nitrogens is 2. The molecule has 2 amide bonds. The zero-order chi connectivity index (χ0) is 33.8. The number of aryl methyl sites for hydroxylation is 1. The van der Waals surface area contributed by atoms with E-state index in [0.717, 1.165) is 48.9 Å². The highest BCUT2D eigenvalue weighted by molar-refractivity contribution is 5.94. The van der Waals surface area contributed by atoms with E-state index in [1.165, 1.54) is 7.11 Å². The zero-order valence-corrected chi connectivity index (χ0v) is 28.0. The molecule has 0 fully saturated rings. The summed E-state index contributed by atoms with van der Waals surface area (Å²) < 4.78 is 16.2. The molecule has 1 heterocycles. The zero-order valence-electron chi connectivity index (χ0n) is 28.0. The Bertz CT molecular complexity index is 1660. The third-order valence-corrected chi connectivity index (χ3v) is 7.65. The van der Waals surface area contributed by atoms with Crippen molar-refractivity contribution >= 4 is 29.3 Å². The van der Waals surface area contributed by atoms with Crippen LogP contribution in [0.25, 0.3) is 11.3 Å². The summed E-state index contributed by atoms with van der Waals surface area (Å²) in [4.78, 5) is 37.0. The van der Waals surface area contributed by atoms with Gasteiger partial charge >= 0.3 is 6.09 Å². The maximum absolute atomic E-state index is 13.0. The molecule has 0 aliphatic carbocycles. The second-order valence-corrected chi connectivity index (χ2v) is 11.4. The van der Waals surface area contributed by atoms with Gasteiger partial charge in [-0.1, -0.05) is 31.0 Å². The molecule has 3 aromatic carbocycles. The minimum atomic E-state index is -0.756. The van der Waals surface area contributed by atoms with Gasteiger partial charge in [-0.05, 0) is 94.9 Å². The summed E-state index contributed by atoms with van der Waals surface area (Å²) in [6.07, 6.45) is 3.58. The number of carbonyl (C=O) groups is 2. The molecule has 4 rings (SSSR count). The van der Waals surface area contributed by atoms with Crippen LogP contribution in [0.2, 0.25) is 0 Å². The smallest absolute Gasteiger partial charge is 0.418 e. The minimum absolute atomic E-state index is 0.0427. The fourth-order valence-corrected chi connectivity index (χ4v) is 4.88. The Labute approximate surface area is 276 Å². The van der Waals surface area contributed by atoms with Crippen LogP contribution in [-0.2, 0) is 0 Å². The van der Waals surface area contributed by atoms with Crippen molar-refractivity contribution < 1.29 is 23.8 Å². The average Bonchev–Trinajstić information content (AvgIpc) is 3.05. The van der Waals surface area contributed by atoms with Gasteiger partial charge in [0.15, 0.2) is 0 Å². The van der Waals surface area contributed by atoms with Crippen LogP contribution in [0.4, 0.5) is 22.1 Å². The number of ether oxygens (including phenoxy) is 3. The van der Waals surface area contributed by atoms with Gasteiger partial charge in [0.2, 0.25) is 11.8 Å². The molecule has 0 spiro atoms. The summed E-state index contributed by atoms with van der Waals surface area (Å²) in [6.45, 7) is 5.76. The highest BCUT2D eigenvalue weighted by Gasteiger charge is 2.16. The Morgan fingerprint density at radius 3 is 2.34 bits per heavy atom. The number of anilines is 3. The van der Waals surface area contributed by atoms with E-state index in [4.69, 9.17) is 19.2 Å². The summed E-state index contributed by atoms with van der Waals surface area (Å²) in [6, 6.07) is 19.6. The standard InChI is InChI=1S/C36H44N6O5/c1-24-12-11-13-29(25(24)2)31-23-33(47-36(44)40-30-19-18-28(45-5)22-32(30)46-6)41-35(39-31)38-27-16-14-26(15-17-27)34(43)37-20-9-7-8-10-21-42(3)4/h11-19,22-23H,7-10,20-21H2,1-6H3,(H,37,43)(H,40,44)(H,38,39,41). The van der Waals surface area contributed by atoms with Crippen LogP contribution in [0, 0.1) is 13.8 Å². The Kier molecular flexibility index (Phi) is 12.5. The van der Waals surface area contributed by atoms with Gasteiger partial charge in [0.25, 0.3) is 5.91 Å². The van der Waals surface area contributed by atoms with E-state index < -0.39 is 6.09 Å². The third-order valence-electron chi connectivity index (χ3n) is 7.65. The number of nitrogens with one attached hydrogen (secondary N) is 3. The van der Waals surface area contributed by atoms with E-state index in [-0.39, 0.29) is 17.7 Å². The Morgan fingerprint density at radius 1 is 0.851 bits per heavy atom. The number of hydrogen-bond donors (Lipinski definition) is 3. The van der Waals surface area contributed by atoms with Crippen molar-refractivity contribution in [2.24, 2.45) is 0 Å². The summed E-state index contributed by atoms with van der Waals surface area (Å²) >= 11 is 0. The number of benzene rings is 3. The first-order chi connectivity index (χ1) is 22.7. The molecule has 1 aromatic heterocycles. The van der Waals surface area contributed by atoms with Gasteiger partial charge in [-0.25, -0.2) is 9.78 Å². The molecule has 0 bridgehead atoms. The minimum Gasteiger partial charge on any atom is -0.497 e. The molecular formula is C36H44N6O5. The first kappa shape index (κ1) is 34.7. The van der Waals surface area contributed by atoms with Crippen molar-refractivity contribution in [3.05, 3.63) is 83.4 Å². The summed E-state index contributed by atoms with van der Waals surface area (Å²) in [5.41, 5.74) is 5.22. The van der Waals surface area contributed by atoms with Crippen molar-refractivity contribution in [1.82, 2.24) is 20.2 Å². The molecule has 3 N–H and O–H groups in total. The molecule has 11 nitrogen and oxygen atoms in total. The quantitative estimate of drug-likeness (QED) is 0.118. The van der Waals surface area contributed by atoms with Crippen LogP contribution in [0.3, 0.4) is 0 Å². The third kappa shape index (κ3) is 10.2. The molecule has 4 aromatic rings. The van der Waals surface area contributed by atoms with Gasteiger partial charge in [-0.15, -0.1) is 0 Å².